The second-order valence-electron chi connectivity index (χ2n) is 3.18. The molecule has 0 aromatic heterocycles. The van der Waals surface area contributed by atoms with Crippen LogP contribution in [0.3, 0.4) is 0 Å². The van der Waals surface area contributed by atoms with Crippen molar-refractivity contribution in [1.29, 1.82) is 0 Å². The quantitative estimate of drug-likeness (QED) is 0.739. The molecule has 0 saturated heterocycles. The van der Waals surface area contributed by atoms with Crippen molar-refractivity contribution in [2.24, 2.45) is 0 Å². The molecular formula is C10H11NO3. The van der Waals surface area contributed by atoms with E-state index in [4.69, 9.17) is 9.84 Å². The standard InChI is InChI=1S/C10H11NO3/c1-14-8-3-2-7-4-5-11(10(12)13)9(7)6-8/h2-3,6H,4-5H2,1H3,(H,12,13). The number of anilines is 1. The van der Waals surface area contributed by atoms with E-state index in [9.17, 15) is 4.79 Å². The van der Waals surface area contributed by atoms with Crippen LogP contribution in [0.5, 0.6) is 5.75 Å². The van der Waals surface area contributed by atoms with Gasteiger partial charge < -0.3 is 9.84 Å². The lowest BCUT2D eigenvalue weighted by Crippen LogP contribution is -2.26. The number of carbonyl (C=O) groups is 1. The van der Waals surface area contributed by atoms with Gasteiger partial charge in [0.25, 0.3) is 0 Å². The van der Waals surface area contributed by atoms with Crippen LogP contribution in [0.25, 0.3) is 0 Å². The molecule has 0 bridgehead atoms. The van der Waals surface area contributed by atoms with E-state index in [1.807, 2.05) is 12.1 Å². The van der Waals surface area contributed by atoms with Crippen LogP contribution in [0.15, 0.2) is 18.2 Å². The van der Waals surface area contributed by atoms with Gasteiger partial charge in [-0.05, 0) is 18.1 Å². The number of amides is 1. The normalized spacial score (nSPS) is 13.9. The van der Waals surface area contributed by atoms with Crippen LogP contribution in [0.2, 0.25) is 0 Å². The van der Waals surface area contributed by atoms with Crippen LogP contribution in [0.4, 0.5) is 10.5 Å². The molecule has 2 rings (SSSR count). The van der Waals surface area contributed by atoms with E-state index < -0.39 is 6.09 Å². The van der Waals surface area contributed by atoms with Gasteiger partial charge in [-0.15, -0.1) is 0 Å². The maximum absolute atomic E-state index is 10.8. The molecule has 4 nitrogen and oxygen atoms in total. The molecule has 74 valence electrons. The highest BCUT2D eigenvalue weighted by molar-refractivity contribution is 5.89. The molecule has 1 heterocycles. The Hall–Kier alpha value is -1.71. The zero-order valence-corrected chi connectivity index (χ0v) is 7.86. The van der Waals surface area contributed by atoms with Crippen LogP contribution >= 0.6 is 0 Å². The Morgan fingerprint density at radius 3 is 3.00 bits per heavy atom. The van der Waals surface area contributed by atoms with E-state index in [1.54, 1.807) is 13.2 Å². The lowest BCUT2D eigenvalue weighted by molar-refractivity contribution is 0.202. The van der Waals surface area contributed by atoms with E-state index in [0.717, 1.165) is 17.7 Å². The third kappa shape index (κ3) is 1.28. The minimum Gasteiger partial charge on any atom is -0.497 e. The lowest BCUT2D eigenvalue weighted by Gasteiger charge is -2.13. The Morgan fingerprint density at radius 2 is 2.36 bits per heavy atom. The van der Waals surface area contributed by atoms with Crippen LogP contribution in [-0.2, 0) is 6.42 Å². The van der Waals surface area contributed by atoms with Gasteiger partial charge >= 0.3 is 6.09 Å². The number of methoxy groups -OCH3 is 1. The highest BCUT2D eigenvalue weighted by Gasteiger charge is 2.24. The number of ether oxygens (including phenoxy) is 1. The first-order valence-corrected chi connectivity index (χ1v) is 4.40. The average molecular weight is 193 g/mol. The van der Waals surface area contributed by atoms with Crippen LogP contribution in [-0.4, -0.2) is 24.9 Å². The summed E-state index contributed by atoms with van der Waals surface area (Å²) >= 11 is 0. The summed E-state index contributed by atoms with van der Waals surface area (Å²) in [5.74, 6) is 0.692. The monoisotopic (exact) mass is 193 g/mol. The number of nitrogens with zero attached hydrogens (tertiary/aromatic N) is 1. The van der Waals surface area contributed by atoms with Gasteiger partial charge in [0, 0.05) is 12.6 Å². The van der Waals surface area contributed by atoms with Crippen molar-refractivity contribution >= 4 is 11.8 Å². The molecule has 0 unspecified atom stereocenters. The summed E-state index contributed by atoms with van der Waals surface area (Å²) < 4.78 is 5.05. The summed E-state index contributed by atoms with van der Waals surface area (Å²) in [6.07, 6.45) is -0.122. The van der Waals surface area contributed by atoms with E-state index in [0.29, 0.717) is 12.3 Å². The number of rotatable bonds is 1. The number of hydrogen-bond acceptors (Lipinski definition) is 2. The Kier molecular flexibility index (Phi) is 2.04. The first kappa shape index (κ1) is 8.87. The van der Waals surface area contributed by atoms with Crippen molar-refractivity contribution in [2.45, 2.75) is 6.42 Å². The first-order chi connectivity index (χ1) is 6.72. The van der Waals surface area contributed by atoms with E-state index in [1.165, 1.54) is 4.90 Å². The molecule has 0 spiro atoms. The zero-order chi connectivity index (χ0) is 10.1. The second-order valence-corrected chi connectivity index (χ2v) is 3.18. The Balaban J connectivity index is 2.41. The highest BCUT2D eigenvalue weighted by atomic mass is 16.5. The molecule has 0 aliphatic carbocycles. The predicted octanol–water partition coefficient (Wildman–Crippen LogP) is 1.74. The molecule has 1 N–H and O–H groups in total. The SMILES string of the molecule is COc1ccc2c(c1)N(C(=O)O)CC2. The summed E-state index contributed by atoms with van der Waals surface area (Å²) in [7, 11) is 1.57. The average Bonchev–Trinajstić information content (AvgIpc) is 2.59. The summed E-state index contributed by atoms with van der Waals surface area (Å²) in [5.41, 5.74) is 1.81. The molecule has 1 aromatic rings. The minimum atomic E-state index is -0.906. The van der Waals surface area contributed by atoms with Crippen molar-refractivity contribution in [3.63, 3.8) is 0 Å². The topological polar surface area (TPSA) is 49.8 Å². The van der Waals surface area contributed by atoms with Gasteiger partial charge in [0.05, 0.1) is 12.8 Å². The fourth-order valence-corrected chi connectivity index (χ4v) is 1.68. The number of hydrogen-bond donors (Lipinski definition) is 1. The lowest BCUT2D eigenvalue weighted by atomic mass is 10.1. The highest BCUT2D eigenvalue weighted by Crippen LogP contribution is 2.31. The molecule has 0 atom stereocenters. The molecule has 14 heavy (non-hydrogen) atoms. The summed E-state index contributed by atoms with van der Waals surface area (Å²) in [6.45, 7) is 0.540. The van der Waals surface area contributed by atoms with Crippen molar-refractivity contribution in [3.8, 4) is 5.75 Å². The van der Waals surface area contributed by atoms with Crippen molar-refractivity contribution in [2.75, 3.05) is 18.6 Å². The van der Waals surface area contributed by atoms with E-state index in [-0.39, 0.29) is 0 Å². The van der Waals surface area contributed by atoms with Crippen molar-refractivity contribution in [3.05, 3.63) is 23.8 Å². The van der Waals surface area contributed by atoms with Crippen LogP contribution < -0.4 is 9.64 Å². The molecule has 0 fully saturated rings. The summed E-state index contributed by atoms with van der Waals surface area (Å²) in [6, 6.07) is 5.53. The van der Waals surface area contributed by atoms with Crippen LogP contribution in [0.1, 0.15) is 5.56 Å². The van der Waals surface area contributed by atoms with E-state index in [2.05, 4.69) is 0 Å². The van der Waals surface area contributed by atoms with Gasteiger partial charge in [-0.3, -0.25) is 4.90 Å². The fourth-order valence-electron chi connectivity index (χ4n) is 1.68. The molecule has 0 saturated carbocycles. The molecular weight excluding hydrogens is 182 g/mol. The van der Waals surface area contributed by atoms with Gasteiger partial charge in [0.15, 0.2) is 0 Å². The third-order valence-corrected chi connectivity index (χ3v) is 2.42. The maximum atomic E-state index is 10.8. The first-order valence-electron chi connectivity index (χ1n) is 4.40. The third-order valence-electron chi connectivity index (χ3n) is 2.42. The number of fused-ring (bicyclic) bond motifs is 1. The zero-order valence-electron chi connectivity index (χ0n) is 7.86. The molecule has 1 amide bonds. The minimum absolute atomic E-state index is 0.540. The maximum Gasteiger partial charge on any atom is 0.411 e. The van der Waals surface area contributed by atoms with Crippen molar-refractivity contribution < 1.29 is 14.6 Å². The largest absolute Gasteiger partial charge is 0.497 e. The fraction of sp³-hybridized carbons (Fsp3) is 0.300. The predicted molar refractivity (Wildman–Crippen MR) is 52.1 cm³/mol. The Morgan fingerprint density at radius 1 is 1.57 bits per heavy atom. The van der Waals surface area contributed by atoms with E-state index >= 15 is 0 Å². The van der Waals surface area contributed by atoms with Crippen molar-refractivity contribution in [1.82, 2.24) is 0 Å². The van der Waals surface area contributed by atoms with Gasteiger partial charge in [0.2, 0.25) is 0 Å². The Labute approximate surface area is 81.7 Å². The Bertz CT molecular complexity index is 376. The molecule has 0 radical (unpaired) electrons. The summed E-state index contributed by atoms with van der Waals surface area (Å²) in [4.78, 5) is 12.2. The molecule has 1 aliphatic heterocycles. The van der Waals surface area contributed by atoms with Gasteiger partial charge in [-0.1, -0.05) is 6.07 Å². The number of benzene rings is 1. The molecule has 1 aliphatic rings. The molecule has 4 heteroatoms. The smallest absolute Gasteiger partial charge is 0.411 e. The number of carboxylic acid groups (broad SMARTS) is 1. The summed E-state index contributed by atoms with van der Waals surface area (Å²) in [5, 5.41) is 8.91. The second kappa shape index (κ2) is 3.21. The van der Waals surface area contributed by atoms with Crippen LogP contribution in [0, 0.1) is 0 Å². The van der Waals surface area contributed by atoms with Gasteiger partial charge in [0.1, 0.15) is 5.75 Å². The van der Waals surface area contributed by atoms with Gasteiger partial charge in [-0.25, -0.2) is 4.79 Å². The molecule has 1 aromatic carbocycles. The van der Waals surface area contributed by atoms with Gasteiger partial charge in [-0.2, -0.15) is 0 Å².